The van der Waals surface area contributed by atoms with Crippen LogP contribution in [0.1, 0.15) is 20.3 Å². The van der Waals surface area contributed by atoms with Crippen LogP contribution in [0.5, 0.6) is 0 Å². The molecule has 120 valence electrons. The van der Waals surface area contributed by atoms with Crippen LogP contribution in [0.25, 0.3) is 0 Å². The number of carbonyl (C=O) groups is 1. The van der Waals surface area contributed by atoms with Crippen LogP contribution < -0.4 is 11.1 Å². The Balaban J connectivity index is 2.16. The lowest BCUT2D eigenvalue weighted by Gasteiger charge is -2.27. The van der Waals surface area contributed by atoms with Crippen molar-refractivity contribution in [1.82, 2.24) is 0 Å². The molecule has 1 aliphatic rings. The first kappa shape index (κ1) is 16.7. The van der Waals surface area contributed by atoms with Gasteiger partial charge in [-0.15, -0.1) is 0 Å². The van der Waals surface area contributed by atoms with Gasteiger partial charge in [-0.25, -0.2) is 8.78 Å². The molecule has 3 N–H and O–H groups in total. The van der Waals surface area contributed by atoms with Gasteiger partial charge in [0.15, 0.2) is 0 Å². The number of nitrogens with one attached hydrogen (secondary N) is 1. The first-order valence-corrected chi connectivity index (χ1v) is 7.09. The summed E-state index contributed by atoms with van der Waals surface area (Å²) in [6.45, 7) is 3.59. The van der Waals surface area contributed by atoms with Crippen molar-refractivity contribution in [3.05, 3.63) is 47.6 Å². The zero-order chi connectivity index (χ0) is 17.2. The first-order valence-electron chi connectivity index (χ1n) is 7.09. The summed E-state index contributed by atoms with van der Waals surface area (Å²) >= 11 is 0. The van der Waals surface area contributed by atoms with Gasteiger partial charge in [-0.2, -0.15) is 5.26 Å². The topological polar surface area (TPSA) is 78.9 Å². The lowest BCUT2D eigenvalue weighted by atomic mass is 9.75. The summed E-state index contributed by atoms with van der Waals surface area (Å²) in [4.78, 5) is 12.3. The van der Waals surface area contributed by atoms with E-state index in [0.29, 0.717) is 18.1 Å². The van der Waals surface area contributed by atoms with E-state index in [2.05, 4.69) is 11.4 Å². The molecule has 1 aromatic carbocycles. The second kappa shape index (κ2) is 6.21. The maximum Gasteiger partial charge on any atom is 0.251 e. The average molecular weight is 317 g/mol. The van der Waals surface area contributed by atoms with E-state index in [9.17, 15) is 18.8 Å². The molecule has 0 aliphatic heterocycles. The fourth-order valence-corrected chi connectivity index (χ4v) is 2.29. The number of nitrogens with zero attached hydrogens (tertiary/aromatic N) is 1. The second-order valence-corrected chi connectivity index (χ2v) is 6.03. The zero-order valence-electron chi connectivity index (χ0n) is 12.9. The molecule has 23 heavy (non-hydrogen) atoms. The minimum Gasteiger partial charge on any atom is -0.396 e. The number of benzene rings is 1. The molecule has 0 saturated heterocycles. The van der Waals surface area contributed by atoms with E-state index in [-0.39, 0.29) is 17.3 Å². The predicted octanol–water partition coefficient (Wildman–Crippen LogP) is 3.54. The molecule has 6 heteroatoms. The number of nitrogens with two attached hydrogens (primary N) is 1. The Labute approximate surface area is 133 Å². The highest BCUT2D eigenvalue weighted by Crippen LogP contribution is 2.35. The van der Waals surface area contributed by atoms with E-state index in [1.807, 2.05) is 6.08 Å². The van der Waals surface area contributed by atoms with E-state index in [4.69, 9.17) is 5.73 Å². The molecule has 4 nitrogen and oxygen atoms in total. The van der Waals surface area contributed by atoms with E-state index in [1.165, 1.54) is 0 Å². The standard InChI is InChI=1S/C17H17F2N3O/c1-17(2,9-20)11-5-3-4-10(6-11)16(23)22-15-8-14(21)12(18)7-13(15)19/h3-5,7-8,11H,6,21H2,1-2H3,(H,22,23). The number of hydrogen-bond donors (Lipinski definition) is 2. The number of allylic oxidation sites excluding steroid dienone is 3. The summed E-state index contributed by atoms with van der Waals surface area (Å²) in [6, 6.07) is 3.88. The Bertz CT molecular complexity index is 745. The fraction of sp³-hybridized carbons (Fsp3) is 0.294. The van der Waals surface area contributed by atoms with Crippen molar-refractivity contribution in [2.75, 3.05) is 11.1 Å². The maximum absolute atomic E-state index is 13.7. The van der Waals surface area contributed by atoms with E-state index in [1.54, 1.807) is 26.0 Å². The van der Waals surface area contributed by atoms with Gasteiger partial charge in [0.2, 0.25) is 0 Å². The molecule has 1 unspecified atom stereocenters. The lowest BCUT2D eigenvalue weighted by Crippen LogP contribution is -2.26. The molecule has 0 heterocycles. The molecule has 1 amide bonds. The summed E-state index contributed by atoms with van der Waals surface area (Å²) in [5, 5.41) is 11.6. The average Bonchev–Trinajstić information content (AvgIpc) is 2.52. The molecule has 0 fully saturated rings. The van der Waals surface area contributed by atoms with Crippen LogP contribution in [0.4, 0.5) is 20.2 Å². The normalized spacial score (nSPS) is 17.3. The van der Waals surface area contributed by atoms with Crippen LogP contribution in [0.15, 0.2) is 35.9 Å². The van der Waals surface area contributed by atoms with Crippen LogP contribution >= 0.6 is 0 Å². The summed E-state index contributed by atoms with van der Waals surface area (Å²) < 4.78 is 26.8. The molecule has 0 radical (unpaired) electrons. The van der Waals surface area contributed by atoms with Crippen LogP contribution in [0, 0.1) is 34.3 Å². The molecule has 2 rings (SSSR count). The Morgan fingerprint density at radius 3 is 2.74 bits per heavy atom. The minimum absolute atomic E-state index is 0.124. The number of carbonyl (C=O) groups excluding carboxylic acids is 1. The molecule has 0 aromatic heterocycles. The Morgan fingerprint density at radius 2 is 2.09 bits per heavy atom. The van der Waals surface area contributed by atoms with Crippen LogP contribution in [-0.4, -0.2) is 5.91 Å². The van der Waals surface area contributed by atoms with Crippen molar-refractivity contribution in [2.24, 2.45) is 11.3 Å². The van der Waals surface area contributed by atoms with Gasteiger partial charge in [-0.05, 0) is 32.3 Å². The van der Waals surface area contributed by atoms with Crippen LogP contribution in [-0.2, 0) is 4.79 Å². The molecule has 1 aliphatic carbocycles. The number of nitrogen functional groups attached to an aromatic ring is 1. The third kappa shape index (κ3) is 3.57. The highest BCUT2D eigenvalue weighted by Gasteiger charge is 2.31. The lowest BCUT2D eigenvalue weighted by molar-refractivity contribution is -0.113. The number of nitriles is 1. The molecular weight excluding hydrogens is 300 g/mol. The Morgan fingerprint density at radius 1 is 1.39 bits per heavy atom. The van der Waals surface area contributed by atoms with Gasteiger partial charge in [0.1, 0.15) is 11.6 Å². The predicted molar refractivity (Wildman–Crippen MR) is 84.1 cm³/mol. The van der Waals surface area contributed by atoms with Gasteiger partial charge in [-0.1, -0.05) is 18.2 Å². The summed E-state index contributed by atoms with van der Waals surface area (Å²) in [6.07, 6.45) is 5.55. The number of anilines is 2. The van der Waals surface area contributed by atoms with Gasteiger partial charge in [0, 0.05) is 11.6 Å². The van der Waals surface area contributed by atoms with Crippen LogP contribution in [0.3, 0.4) is 0 Å². The third-order valence-electron chi connectivity index (χ3n) is 3.92. The van der Waals surface area contributed by atoms with Crippen molar-refractivity contribution in [1.29, 1.82) is 5.26 Å². The number of halogens is 2. The number of rotatable bonds is 3. The SMILES string of the molecule is CC(C)(C#N)C1C=CC=C(C(=O)Nc2cc(N)c(F)cc2F)C1. The Hall–Kier alpha value is -2.68. The van der Waals surface area contributed by atoms with E-state index >= 15 is 0 Å². The zero-order valence-corrected chi connectivity index (χ0v) is 12.9. The number of hydrogen-bond acceptors (Lipinski definition) is 3. The summed E-state index contributed by atoms with van der Waals surface area (Å²) in [5.74, 6) is -2.40. The largest absolute Gasteiger partial charge is 0.396 e. The van der Waals surface area contributed by atoms with Crippen molar-refractivity contribution in [2.45, 2.75) is 20.3 Å². The van der Waals surface area contributed by atoms with Gasteiger partial charge in [-0.3, -0.25) is 4.79 Å². The maximum atomic E-state index is 13.7. The first-order chi connectivity index (χ1) is 10.7. The summed E-state index contributed by atoms with van der Waals surface area (Å²) in [5.41, 5.74) is 4.75. The molecule has 0 spiro atoms. The van der Waals surface area contributed by atoms with Gasteiger partial charge in [0.25, 0.3) is 5.91 Å². The molecule has 1 atom stereocenters. The van der Waals surface area contributed by atoms with E-state index < -0.39 is 23.0 Å². The highest BCUT2D eigenvalue weighted by atomic mass is 19.1. The molecule has 1 aromatic rings. The van der Waals surface area contributed by atoms with Crippen molar-refractivity contribution < 1.29 is 13.6 Å². The molecule has 0 bridgehead atoms. The monoisotopic (exact) mass is 317 g/mol. The van der Waals surface area contributed by atoms with E-state index in [0.717, 1.165) is 6.07 Å². The van der Waals surface area contributed by atoms with Crippen molar-refractivity contribution in [3.63, 3.8) is 0 Å². The fourth-order valence-electron chi connectivity index (χ4n) is 2.29. The molecule has 0 saturated carbocycles. The quantitative estimate of drug-likeness (QED) is 0.837. The van der Waals surface area contributed by atoms with Gasteiger partial charge < -0.3 is 11.1 Å². The summed E-state index contributed by atoms with van der Waals surface area (Å²) in [7, 11) is 0. The van der Waals surface area contributed by atoms with Gasteiger partial charge >= 0.3 is 0 Å². The minimum atomic E-state index is -0.897. The molecular formula is C17H17F2N3O. The second-order valence-electron chi connectivity index (χ2n) is 6.03. The number of amides is 1. The van der Waals surface area contributed by atoms with Crippen molar-refractivity contribution >= 4 is 17.3 Å². The van der Waals surface area contributed by atoms with Crippen molar-refractivity contribution in [3.8, 4) is 6.07 Å². The highest BCUT2D eigenvalue weighted by molar-refractivity contribution is 6.04. The van der Waals surface area contributed by atoms with Crippen LogP contribution in [0.2, 0.25) is 0 Å². The third-order valence-corrected chi connectivity index (χ3v) is 3.92. The smallest absolute Gasteiger partial charge is 0.251 e. The Kier molecular flexibility index (Phi) is 4.50. The van der Waals surface area contributed by atoms with Gasteiger partial charge in [0.05, 0.1) is 22.9 Å².